The molecule has 1 unspecified atom stereocenters. The molecule has 3 N–H and O–H groups in total. The second-order valence-corrected chi connectivity index (χ2v) is 6.96. The summed E-state index contributed by atoms with van der Waals surface area (Å²) >= 11 is 0. The van der Waals surface area contributed by atoms with E-state index in [0.717, 1.165) is 29.0 Å². The van der Waals surface area contributed by atoms with Crippen LogP contribution in [0.3, 0.4) is 0 Å². The Morgan fingerprint density at radius 3 is 2.45 bits per heavy atom. The molecule has 6 nitrogen and oxygen atoms in total. The molecule has 1 atom stereocenters. The monoisotopic (exact) mass is 403 g/mol. The van der Waals surface area contributed by atoms with Crippen molar-refractivity contribution < 1.29 is 23.1 Å². The van der Waals surface area contributed by atoms with Crippen LogP contribution >= 0.6 is 0 Å². The van der Waals surface area contributed by atoms with Crippen molar-refractivity contribution in [1.29, 1.82) is 0 Å². The first kappa shape index (κ1) is 19.0. The Morgan fingerprint density at radius 2 is 1.83 bits per heavy atom. The van der Waals surface area contributed by atoms with E-state index >= 15 is 0 Å². The number of pyridine rings is 1. The van der Waals surface area contributed by atoms with Crippen molar-refractivity contribution >= 4 is 22.6 Å². The summed E-state index contributed by atoms with van der Waals surface area (Å²) in [4.78, 5) is 25.8. The third-order valence-corrected chi connectivity index (χ3v) is 5.04. The van der Waals surface area contributed by atoms with Gasteiger partial charge in [0.2, 0.25) is 5.43 Å². The van der Waals surface area contributed by atoms with Crippen molar-refractivity contribution in [3.8, 4) is 5.69 Å². The Kier molecular flexibility index (Phi) is 4.54. The number of benzene rings is 2. The van der Waals surface area contributed by atoms with Crippen LogP contribution in [-0.2, 0) is 0 Å². The van der Waals surface area contributed by atoms with Gasteiger partial charge in [0.1, 0.15) is 23.0 Å². The second kappa shape index (κ2) is 6.93. The van der Waals surface area contributed by atoms with Gasteiger partial charge in [-0.25, -0.2) is 18.0 Å². The summed E-state index contributed by atoms with van der Waals surface area (Å²) in [5.41, 5.74) is 4.44. The Labute approximate surface area is 162 Å². The van der Waals surface area contributed by atoms with Gasteiger partial charge in [0.25, 0.3) is 0 Å². The zero-order valence-corrected chi connectivity index (χ0v) is 15.0. The lowest BCUT2D eigenvalue weighted by molar-refractivity contribution is 0.0695. The molecule has 0 bridgehead atoms. The number of carboxylic acid groups (broad SMARTS) is 1. The minimum absolute atomic E-state index is 0.0994. The fourth-order valence-corrected chi connectivity index (χ4v) is 3.61. The molecule has 0 saturated carbocycles. The number of nitrogens with zero attached hydrogens (tertiary/aromatic N) is 2. The van der Waals surface area contributed by atoms with Gasteiger partial charge in [-0.1, -0.05) is 0 Å². The number of aromatic carboxylic acids is 1. The molecule has 3 aromatic rings. The Hall–Kier alpha value is -3.33. The van der Waals surface area contributed by atoms with Crippen LogP contribution in [0.25, 0.3) is 16.6 Å². The number of carbonyl (C=O) groups is 1. The van der Waals surface area contributed by atoms with Gasteiger partial charge in [0, 0.05) is 36.8 Å². The Morgan fingerprint density at radius 1 is 1.10 bits per heavy atom. The largest absolute Gasteiger partial charge is 0.477 e. The van der Waals surface area contributed by atoms with Gasteiger partial charge in [-0.05, 0) is 30.7 Å². The molecule has 1 aliphatic rings. The first-order valence-corrected chi connectivity index (χ1v) is 8.84. The number of nitrogens with two attached hydrogens (primary N) is 1. The molecular weight excluding hydrogens is 387 g/mol. The van der Waals surface area contributed by atoms with Gasteiger partial charge in [0.05, 0.1) is 16.9 Å². The molecule has 150 valence electrons. The zero-order chi connectivity index (χ0) is 20.9. The molecule has 1 fully saturated rings. The summed E-state index contributed by atoms with van der Waals surface area (Å²) in [6, 6.07) is 4.95. The first-order chi connectivity index (χ1) is 13.8. The van der Waals surface area contributed by atoms with Crippen molar-refractivity contribution in [1.82, 2.24) is 4.57 Å². The summed E-state index contributed by atoms with van der Waals surface area (Å²) in [5, 5.41) is 9.13. The van der Waals surface area contributed by atoms with Crippen molar-refractivity contribution in [3.63, 3.8) is 0 Å². The lowest BCUT2D eigenvalue weighted by atomic mass is 10.1. The standard InChI is InChI=1S/C20H16F3N3O3/c21-10-1-2-16(14(22)5-10)26-9-13(20(28)29)19(27)12-6-15(23)18(7-17(12)26)25-4-3-11(24)8-25/h1-2,5-7,9,11H,3-4,8,24H2,(H,28,29). The van der Waals surface area contributed by atoms with E-state index in [1.54, 1.807) is 4.90 Å². The van der Waals surface area contributed by atoms with Crippen LogP contribution in [-0.4, -0.2) is 34.8 Å². The van der Waals surface area contributed by atoms with E-state index in [4.69, 9.17) is 5.73 Å². The molecule has 1 saturated heterocycles. The number of aromatic nitrogens is 1. The van der Waals surface area contributed by atoms with Gasteiger partial charge in [-0.15, -0.1) is 0 Å². The molecule has 0 amide bonds. The Bertz CT molecular complexity index is 1210. The number of hydrogen-bond donors (Lipinski definition) is 2. The van der Waals surface area contributed by atoms with Crippen molar-refractivity contribution in [2.24, 2.45) is 5.73 Å². The van der Waals surface area contributed by atoms with Crippen LogP contribution in [0, 0.1) is 17.5 Å². The first-order valence-electron chi connectivity index (χ1n) is 8.84. The summed E-state index contributed by atoms with van der Waals surface area (Å²) < 4.78 is 43.7. The summed E-state index contributed by atoms with van der Waals surface area (Å²) in [7, 11) is 0. The number of rotatable bonds is 3. The van der Waals surface area contributed by atoms with E-state index in [-0.39, 0.29) is 28.3 Å². The predicted molar refractivity (Wildman–Crippen MR) is 101 cm³/mol. The van der Waals surface area contributed by atoms with Gasteiger partial charge in [-0.2, -0.15) is 0 Å². The third kappa shape index (κ3) is 3.23. The number of carboxylic acids is 1. The average molecular weight is 403 g/mol. The average Bonchev–Trinajstić information content (AvgIpc) is 3.08. The van der Waals surface area contributed by atoms with Gasteiger partial charge in [-0.3, -0.25) is 4.79 Å². The van der Waals surface area contributed by atoms with E-state index in [0.29, 0.717) is 25.6 Å². The summed E-state index contributed by atoms with van der Waals surface area (Å²) in [5.74, 6) is -4.02. The molecule has 1 aromatic heterocycles. The molecular formula is C20H16F3N3O3. The van der Waals surface area contributed by atoms with Gasteiger partial charge < -0.3 is 20.3 Å². The molecule has 29 heavy (non-hydrogen) atoms. The molecule has 0 radical (unpaired) electrons. The SMILES string of the molecule is NC1CCN(c2cc3c(cc2F)c(=O)c(C(=O)O)cn3-c2ccc(F)cc2F)C1. The Balaban J connectivity index is 2.05. The smallest absolute Gasteiger partial charge is 0.341 e. The van der Waals surface area contributed by atoms with E-state index in [2.05, 4.69) is 0 Å². The molecule has 2 aromatic carbocycles. The zero-order valence-electron chi connectivity index (χ0n) is 15.0. The molecule has 9 heteroatoms. The number of hydrogen-bond acceptors (Lipinski definition) is 4. The molecule has 4 rings (SSSR count). The quantitative estimate of drug-likeness (QED) is 0.702. The normalized spacial score (nSPS) is 16.6. The number of fused-ring (bicyclic) bond motifs is 1. The van der Waals surface area contributed by atoms with Crippen LogP contribution < -0.4 is 16.1 Å². The highest BCUT2D eigenvalue weighted by molar-refractivity contribution is 5.94. The van der Waals surface area contributed by atoms with E-state index in [1.807, 2.05) is 0 Å². The van der Waals surface area contributed by atoms with Gasteiger partial charge >= 0.3 is 5.97 Å². The highest BCUT2D eigenvalue weighted by Gasteiger charge is 2.24. The number of halogens is 3. The minimum Gasteiger partial charge on any atom is -0.477 e. The van der Waals surface area contributed by atoms with Crippen LogP contribution in [0.4, 0.5) is 18.9 Å². The second-order valence-electron chi connectivity index (χ2n) is 6.96. The van der Waals surface area contributed by atoms with Crippen molar-refractivity contribution in [3.05, 3.63) is 69.8 Å². The van der Waals surface area contributed by atoms with Crippen molar-refractivity contribution in [2.75, 3.05) is 18.0 Å². The molecule has 2 heterocycles. The highest BCUT2D eigenvalue weighted by Crippen LogP contribution is 2.29. The maximum absolute atomic E-state index is 14.8. The van der Waals surface area contributed by atoms with Crippen LogP contribution in [0.2, 0.25) is 0 Å². The van der Waals surface area contributed by atoms with E-state index < -0.39 is 34.4 Å². The topological polar surface area (TPSA) is 88.6 Å². The number of anilines is 1. The van der Waals surface area contributed by atoms with Gasteiger partial charge in [0.15, 0.2) is 0 Å². The molecule has 1 aliphatic heterocycles. The van der Waals surface area contributed by atoms with Crippen LogP contribution in [0.15, 0.2) is 41.3 Å². The summed E-state index contributed by atoms with van der Waals surface area (Å²) in [6.45, 7) is 0.913. The lowest BCUT2D eigenvalue weighted by Crippen LogP contribution is -2.27. The molecule has 0 aliphatic carbocycles. The summed E-state index contributed by atoms with van der Waals surface area (Å²) in [6.07, 6.45) is 1.62. The van der Waals surface area contributed by atoms with E-state index in [9.17, 15) is 27.9 Å². The third-order valence-electron chi connectivity index (χ3n) is 5.04. The van der Waals surface area contributed by atoms with E-state index in [1.165, 1.54) is 6.07 Å². The fraction of sp³-hybridized carbons (Fsp3) is 0.200. The lowest BCUT2D eigenvalue weighted by Gasteiger charge is -2.21. The van der Waals surface area contributed by atoms with Crippen LogP contribution in [0.5, 0.6) is 0 Å². The fourth-order valence-electron chi connectivity index (χ4n) is 3.61. The van der Waals surface area contributed by atoms with Crippen molar-refractivity contribution in [2.45, 2.75) is 12.5 Å². The predicted octanol–water partition coefficient (Wildman–Crippen LogP) is 2.64. The minimum atomic E-state index is -1.54. The maximum Gasteiger partial charge on any atom is 0.341 e. The molecule has 0 spiro atoms. The highest BCUT2D eigenvalue weighted by atomic mass is 19.1. The van der Waals surface area contributed by atoms with Crippen LogP contribution in [0.1, 0.15) is 16.8 Å². The maximum atomic E-state index is 14.8.